The van der Waals surface area contributed by atoms with Crippen molar-refractivity contribution in [1.82, 2.24) is 0 Å². The van der Waals surface area contributed by atoms with Crippen LogP contribution in [0.3, 0.4) is 0 Å². The van der Waals surface area contributed by atoms with Crippen molar-refractivity contribution >= 4 is 47.2 Å². The standard InChI is InChI=1S/C58H62S.C11H18.C3H6.C3H4.C2H6/c1-9-16-19-22-26-35-46(8)55(47(14-6)33-12-4)44-58-52(41-30-24-21-20-23-29-40-50(59)39-18-11-3)51(15-7)57(53-42-31-32-43-54(53)58)45-56(49-37-27-25-28-38-49)48(34-13-5)36-17-10-2;1-5-7-11(4)9-6-8-10(2)3;2*1-3-2;1-2/h9,11-20,23-32,34-40,42-45,59H,4-5,7,10,21,33,41H2,1-3,6,8H3;5-6,8-9,11H,1,7H2,2-4H3;3H,1H2,2H3;1H,2H3;1-2H3/b16-9-,18-11+,23-20+,30-24-,36-17-,40-29+,46-35+,47-14+,48-34+,50-39-,55-44-,56-45+;9-6-;;;/t;11-;;;/m.1.../s1. The molecule has 410 valence electrons. The maximum Gasteiger partial charge on any atom is 0.00398 e. The minimum absolute atomic E-state index is 0.614. The van der Waals surface area contributed by atoms with Crippen molar-refractivity contribution < 1.29 is 0 Å². The van der Waals surface area contributed by atoms with Crippen LogP contribution in [0.1, 0.15) is 137 Å². The molecule has 0 aliphatic rings. The molecule has 3 aromatic carbocycles. The van der Waals surface area contributed by atoms with Crippen LogP contribution in [0.25, 0.3) is 34.6 Å². The lowest BCUT2D eigenvalue weighted by Crippen LogP contribution is -2.01. The molecule has 0 unspecified atom stereocenters. The minimum Gasteiger partial charge on any atom is -0.143 e. The topological polar surface area (TPSA) is 0 Å². The molecule has 3 rings (SSSR count). The third-order valence-electron chi connectivity index (χ3n) is 10.9. The van der Waals surface area contributed by atoms with Crippen LogP contribution in [0.15, 0.2) is 278 Å². The number of benzene rings is 3. The summed E-state index contributed by atoms with van der Waals surface area (Å²) in [6.07, 6.45) is 67.1. The SMILES string of the molecule is C#CC.C=C/C=C(\C=C/CC)C(=C\c1c(C=C)c(C/C=C\C/C=C/C=C/C(S)=C/C=C/C)c(/C=C(C(/C)=C/C=C=C/C=C\C)\C(=C\C)CC=C)c2ccccc12)/c1ccccc1.C=CC.C=CC[C@@H](C)/C=C\C=C(C)C.CC. The van der Waals surface area contributed by atoms with Crippen LogP contribution in [0.2, 0.25) is 0 Å². The molecule has 78 heavy (non-hydrogen) atoms. The number of allylic oxidation sites excluding steroid dienone is 30. The summed E-state index contributed by atoms with van der Waals surface area (Å²) in [4.78, 5) is 0.908. The number of hydrogen-bond donors (Lipinski definition) is 1. The highest BCUT2D eigenvalue weighted by Crippen LogP contribution is 2.39. The van der Waals surface area contributed by atoms with Gasteiger partial charge in [0.2, 0.25) is 0 Å². The highest BCUT2D eigenvalue weighted by molar-refractivity contribution is 7.84. The Labute approximate surface area is 483 Å². The zero-order valence-electron chi connectivity index (χ0n) is 50.0. The number of fused-ring (bicyclic) bond motifs is 1. The summed E-state index contributed by atoms with van der Waals surface area (Å²) >= 11 is 4.53. The molecule has 3 aromatic rings. The monoisotopic (exact) mass is 1050 g/mol. The maximum atomic E-state index is 4.60. The van der Waals surface area contributed by atoms with Crippen molar-refractivity contribution in [3.63, 3.8) is 0 Å². The van der Waals surface area contributed by atoms with E-state index in [2.05, 4.69) is 245 Å². The first-order valence-corrected chi connectivity index (χ1v) is 27.9. The molecule has 0 radical (unpaired) electrons. The molecular formula is C77H96S. The smallest absolute Gasteiger partial charge is 0.00398 e. The molecule has 0 aliphatic carbocycles. The Morgan fingerprint density at radius 2 is 1.33 bits per heavy atom. The molecular weight excluding hydrogens is 957 g/mol. The first-order valence-electron chi connectivity index (χ1n) is 27.4. The van der Waals surface area contributed by atoms with Gasteiger partial charge in [-0.25, -0.2) is 0 Å². The largest absolute Gasteiger partial charge is 0.143 e. The van der Waals surface area contributed by atoms with E-state index in [0.29, 0.717) is 5.92 Å². The third kappa shape index (κ3) is 30.8. The summed E-state index contributed by atoms with van der Waals surface area (Å²) in [7, 11) is 0. The molecule has 0 amide bonds. The van der Waals surface area contributed by atoms with E-state index in [-0.39, 0.29) is 0 Å². The highest BCUT2D eigenvalue weighted by atomic mass is 32.1. The fraction of sp³-hybridized carbons (Fsp3) is 0.234. The van der Waals surface area contributed by atoms with Gasteiger partial charge in [0.15, 0.2) is 0 Å². The van der Waals surface area contributed by atoms with Crippen LogP contribution < -0.4 is 0 Å². The number of thiol groups is 1. The van der Waals surface area contributed by atoms with Crippen molar-refractivity contribution in [2.45, 2.75) is 115 Å². The minimum atomic E-state index is 0.614. The summed E-state index contributed by atoms with van der Waals surface area (Å²) < 4.78 is 0. The van der Waals surface area contributed by atoms with E-state index in [9.17, 15) is 0 Å². The third-order valence-corrected chi connectivity index (χ3v) is 11.2. The Morgan fingerprint density at radius 1 is 0.692 bits per heavy atom. The molecule has 0 heterocycles. The number of hydrogen-bond acceptors (Lipinski definition) is 1. The van der Waals surface area contributed by atoms with Gasteiger partial charge in [0, 0.05) is 4.91 Å². The van der Waals surface area contributed by atoms with E-state index in [1.165, 1.54) is 27.7 Å². The molecule has 0 bridgehead atoms. The van der Waals surface area contributed by atoms with Gasteiger partial charge < -0.3 is 0 Å². The Morgan fingerprint density at radius 3 is 1.90 bits per heavy atom. The Balaban J connectivity index is 0. The van der Waals surface area contributed by atoms with Gasteiger partial charge in [0.25, 0.3) is 0 Å². The molecule has 1 atom stereocenters. The zero-order chi connectivity index (χ0) is 58.8. The summed E-state index contributed by atoms with van der Waals surface area (Å²) in [5.41, 5.74) is 16.1. The van der Waals surface area contributed by atoms with E-state index in [1.807, 2.05) is 114 Å². The average molecular weight is 1050 g/mol. The first kappa shape index (κ1) is 72.5. The van der Waals surface area contributed by atoms with Gasteiger partial charge in [-0.15, -0.1) is 50.4 Å². The first-order chi connectivity index (χ1) is 37.9. The maximum absolute atomic E-state index is 4.60. The molecule has 0 aromatic heterocycles. The molecule has 0 saturated carbocycles. The van der Waals surface area contributed by atoms with Gasteiger partial charge in [-0.2, -0.15) is 0 Å². The van der Waals surface area contributed by atoms with E-state index in [0.717, 1.165) is 81.4 Å². The van der Waals surface area contributed by atoms with Gasteiger partial charge in [-0.1, -0.05) is 235 Å². The summed E-state index contributed by atoms with van der Waals surface area (Å²) in [6.45, 7) is 44.1. The van der Waals surface area contributed by atoms with Crippen molar-refractivity contribution in [2.75, 3.05) is 0 Å². The predicted molar refractivity (Wildman–Crippen MR) is 366 cm³/mol. The number of terminal acetylenes is 1. The van der Waals surface area contributed by atoms with Gasteiger partial charge in [0.05, 0.1) is 0 Å². The normalized spacial score (nSPS) is 12.7. The van der Waals surface area contributed by atoms with Crippen molar-refractivity contribution in [3.8, 4) is 12.3 Å². The van der Waals surface area contributed by atoms with E-state index in [1.54, 1.807) is 13.0 Å². The quantitative estimate of drug-likeness (QED) is 0.0215. The van der Waals surface area contributed by atoms with Gasteiger partial charge in [-0.05, 0) is 196 Å². The predicted octanol–water partition coefficient (Wildman–Crippen LogP) is 23.8. The molecule has 0 saturated heterocycles. The van der Waals surface area contributed by atoms with Crippen molar-refractivity contribution in [2.24, 2.45) is 5.92 Å². The molecule has 0 spiro atoms. The average Bonchev–Trinajstić information content (AvgIpc) is 3.44. The zero-order valence-corrected chi connectivity index (χ0v) is 50.9. The number of rotatable bonds is 25. The summed E-state index contributed by atoms with van der Waals surface area (Å²) in [5, 5.41) is 2.34. The lowest BCUT2D eigenvalue weighted by atomic mass is 9.83. The molecule has 1 heteroatoms. The van der Waals surface area contributed by atoms with Crippen molar-refractivity contribution in [1.29, 1.82) is 0 Å². The summed E-state index contributed by atoms with van der Waals surface area (Å²) in [6, 6.07) is 19.4. The second-order valence-corrected chi connectivity index (χ2v) is 18.0. The van der Waals surface area contributed by atoms with Crippen LogP contribution >= 0.6 is 12.6 Å². The van der Waals surface area contributed by atoms with Gasteiger partial charge >= 0.3 is 0 Å². The van der Waals surface area contributed by atoms with Crippen LogP contribution in [0, 0.1) is 18.3 Å². The fourth-order valence-electron chi connectivity index (χ4n) is 7.37. The van der Waals surface area contributed by atoms with Crippen LogP contribution in [-0.4, -0.2) is 0 Å². The molecule has 0 nitrogen and oxygen atoms in total. The Hall–Kier alpha value is -7.59. The van der Waals surface area contributed by atoms with Crippen LogP contribution in [0.5, 0.6) is 0 Å². The lowest BCUT2D eigenvalue weighted by Gasteiger charge is -2.21. The Kier molecular flexibility index (Phi) is 45.5. The fourth-order valence-corrected chi connectivity index (χ4v) is 7.55. The molecule has 0 fully saturated rings. The highest BCUT2D eigenvalue weighted by Gasteiger charge is 2.18. The Bertz CT molecular complexity index is 2830. The van der Waals surface area contributed by atoms with Crippen LogP contribution in [0.4, 0.5) is 0 Å². The lowest BCUT2D eigenvalue weighted by molar-refractivity contribution is 0.745. The van der Waals surface area contributed by atoms with Crippen molar-refractivity contribution in [3.05, 3.63) is 306 Å². The van der Waals surface area contributed by atoms with Gasteiger partial charge in [0.1, 0.15) is 0 Å². The van der Waals surface area contributed by atoms with Gasteiger partial charge in [-0.3, -0.25) is 0 Å². The second-order valence-electron chi connectivity index (χ2n) is 17.4. The van der Waals surface area contributed by atoms with Crippen LogP contribution in [-0.2, 0) is 6.42 Å². The van der Waals surface area contributed by atoms with E-state index >= 15 is 0 Å². The second kappa shape index (κ2) is 49.0. The van der Waals surface area contributed by atoms with E-state index in [4.69, 9.17) is 0 Å². The molecule has 0 aliphatic heterocycles. The summed E-state index contributed by atoms with van der Waals surface area (Å²) in [5.74, 6) is 2.86. The molecule has 0 N–H and O–H groups in total. The van der Waals surface area contributed by atoms with E-state index < -0.39 is 0 Å².